The molecule has 0 amide bonds. The quantitative estimate of drug-likeness (QED) is 0.834. The van der Waals surface area contributed by atoms with Gasteiger partial charge in [-0.2, -0.15) is 5.26 Å². The van der Waals surface area contributed by atoms with Gasteiger partial charge in [0.15, 0.2) is 6.61 Å². The van der Waals surface area contributed by atoms with Gasteiger partial charge < -0.3 is 10.1 Å². The van der Waals surface area contributed by atoms with Gasteiger partial charge in [0.1, 0.15) is 11.8 Å². The minimum atomic E-state index is 0.0875. The van der Waals surface area contributed by atoms with E-state index in [1.54, 1.807) is 0 Å². The average Bonchev–Trinajstić information content (AvgIpc) is 3.19. The fourth-order valence-corrected chi connectivity index (χ4v) is 1.75. The van der Waals surface area contributed by atoms with E-state index < -0.39 is 0 Å². The Morgan fingerprint density at radius 3 is 3.00 bits per heavy atom. The van der Waals surface area contributed by atoms with E-state index in [4.69, 9.17) is 10.00 Å². The Balaban J connectivity index is 2.01. The van der Waals surface area contributed by atoms with Crippen LogP contribution >= 0.6 is 0 Å². The molecule has 0 atom stereocenters. The number of rotatable bonds is 6. The summed E-state index contributed by atoms with van der Waals surface area (Å²) in [6.45, 7) is 3.11. The van der Waals surface area contributed by atoms with Crippen molar-refractivity contribution in [3.05, 3.63) is 35.4 Å². The molecule has 1 saturated carbocycles. The molecule has 3 nitrogen and oxygen atoms in total. The maximum atomic E-state index is 8.55. The lowest BCUT2D eigenvalue weighted by atomic mass is 10.1. The van der Waals surface area contributed by atoms with E-state index in [1.165, 1.54) is 18.4 Å². The Morgan fingerprint density at radius 2 is 2.28 bits per heavy atom. The Bertz CT molecular complexity index is 470. The summed E-state index contributed by atoms with van der Waals surface area (Å²) in [5, 5.41) is 12.0. The molecule has 2 rings (SSSR count). The van der Waals surface area contributed by atoms with E-state index in [9.17, 15) is 0 Å². The maximum absolute atomic E-state index is 8.55. The van der Waals surface area contributed by atoms with Crippen LogP contribution in [0.3, 0.4) is 0 Å². The van der Waals surface area contributed by atoms with Crippen molar-refractivity contribution in [2.45, 2.75) is 25.8 Å². The van der Waals surface area contributed by atoms with Gasteiger partial charge in [0.25, 0.3) is 0 Å². The molecular formula is C15H18N2O. The highest BCUT2D eigenvalue weighted by atomic mass is 16.5. The summed E-state index contributed by atoms with van der Waals surface area (Å²) in [5.41, 5.74) is 2.30. The van der Waals surface area contributed by atoms with E-state index in [0.717, 1.165) is 23.9 Å². The summed E-state index contributed by atoms with van der Waals surface area (Å²) in [6, 6.07) is 10.5. The SMILES string of the molecule is CC(=Cc1ccccc1OCC#N)CNC1CC1. The molecule has 1 fully saturated rings. The zero-order chi connectivity index (χ0) is 12.8. The molecule has 0 heterocycles. The first-order valence-electron chi connectivity index (χ1n) is 6.29. The van der Waals surface area contributed by atoms with E-state index >= 15 is 0 Å². The third kappa shape index (κ3) is 3.90. The topological polar surface area (TPSA) is 45.0 Å². The molecule has 18 heavy (non-hydrogen) atoms. The molecule has 1 aromatic carbocycles. The van der Waals surface area contributed by atoms with Gasteiger partial charge in [-0.15, -0.1) is 0 Å². The second-order valence-corrected chi connectivity index (χ2v) is 4.63. The monoisotopic (exact) mass is 242 g/mol. The number of ether oxygens (including phenoxy) is 1. The normalized spacial score (nSPS) is 15.2. The van der Waals surface area contributed by atoms with Crippen LogP contribution in [-0.2, 0) is 0 Å². The Kier molecular flexibility index (Phi) is 4.38. The van der Waals surface area contributed by atoms with Crippen LogP contribution in [0.1, 0.15) is 25.3 Å². The largest absolute Gasteiger partial charge is 0.478 e. The molecule has 0 aromatic heterocycles. The summed E-state index contributed by atoms with van der Waals surface area (Å²) >= 11 is 0. The Hall–Kier alpha value is -1.79. The highest BCUT2D eigenvalue weighted by Gasteiger charge is 2.19. The summed E-state index contributed by atoms with van der Waals surface area (Å²) in [4.78, 5) is 0. The van der Waals surface area contributed by atoms with Gasteiger partial charge in [-0.1, -0.05) is 29.8 Å². The highest BCUT2D eigenvalue weighted by Crippen LogP contribution is 2.22. The van der Waals surface area contributed by atoms with Crippen LogP contribution in [0.5, 0.6) is 5.75 Å². The van der Waals surface area contributed by atoms with Crippen molar-refractivity contribution in [3.8, 4) is 11.8 Å². The molecule has 94 valence electrons. The molecule has 0 aliphatic heterocycles. The van der Waals surface area contributed by atoms with E-state index in [0.29, 0.717) is 0 Å². The summed E-state index contributed by atoms with van der Waals surface area (Å²) in [6.07, 6.45) is 4.71. The van der Waals surface area contributed by atoms with Gasteiger partial charge in [0, 0.05) is 18.2 Å². The van der Waals surface area contributed by atoms with Crippen LogP contribution in [-0.4, -0.2) is 19.2 Å². The van der Waals surface area contributed by atoms with Crippen molar-refractivity contribution < 1.29 is 4.74 Å². The van der Waals surface area contributed by atoms with Crippen molar-refractivity contribution in [2.24, 2.45) is 0 Å². The van der Waals surface area contributed by atoms with Gasteiger partial charge in [-0.3, -0.25) is 0 Å². The highest BCUT2D eigenvalue weighted by molar-refractivity contribution is 5.59. The minimum absolute atomic E-state index is 0.0875. The van der Waals surface area contributed by atoms with Crippen LogP contribution in [0.4, 0.5) is 0 Å². The van der Waals surface area contributed by atoms with Gasteiger partial charge >= 0.3 is 0 Å². The molecule has 3 heteroatoms. The van der Waals surface area contributed by atoms with Crippen molar-refractivity contribution >= 4 is 6.08 Å². The maximum Gasteiger partial charge on any atom is 0.174 e. The second-order valence-electron chi connectivity index (χ2n) is 4.63. The summed E-state index contributed by atoms with van der Waals surface area (Å²) in [5.74, 6) is 0.768. The molecule has 0 bridgehead atoms. The second kappa shape index (κ2) is 6.23. The summed E-state index contributed by atoms with van der Waals surface area (Å²) < 4.78 is 5.40. The molecule has 1 aliphatic rings. The third-order valence-corrected chi connectivity index (χ3v) is 2.86. The van der Waals surface area contributed by atoms with Crippen LogP contribution in [0.25, 0.3) is 6.08 Å². The standard InChI is InChI=1S/C15H18N2O/c1-12(11-17-14-6-7-14)10-13-4-2-3-5-15(13)18-9-8-16/h2-5,10,14,17H,6-7,9,11H2,1H3. The lowest BCUT2D eigenvalue weighted by Gasteiger charge is -2.07. The fraction of sp³-hybridized carbons (Fsp3) is 0.400. The summed E-state index contributed by atoms with van der Waals surface area (Å²) in [7, 11) is 0. The Morgan fingerprint density at radius 1 is 1.50 bits per heavy atom. The first kappa shape index (κ1) is 12.7. The van der Waals surface area contributed by atoms with Crippen LogP contribution in [0.2, 0.25) is 0 Å². The van der Waals surface area contributed by atoms with Crippen molar-refractivity contribution in [3.63, 3.8) is 0 Å². The molecule has 0 saturated heterocycles. The molecule has 1 aromatic rings. The van der Waals surface area contributed by atoms with E-state index in [1.807, 2.05) is 30.3 Å². The zero-order valence-electron chi connectivity index (χ0n) is 10.6. The Labute approximate surface area is 108 Å². The molecule has 0 unspecified atom stereocenters. The number of hydrogen-bond donors (Lipinski definition) is 1. The lowest BCUT2D eigenvalue weighted by Crippen LogP contribution is -2.18. The molecule has 1 N–H and O–H groups in total. The number of nitrogens with one attached hydrogen (secondary N) is 1. The average molecular weight is 242 g/mol. The number of benzene rings is 1. The van der Waals surface area contributed by atoms with E-state index in [2.05, 4.69) is 18.3 Å². The fourth-order valence-electron chi connectivity index (χ4n) is 1.75. The van der Waals surface area contributed by atoms with Crippen molar-refractivity contribution in [2.75, 3.05) is 13.2 Å². The van der Waals surface area contributed by atoms with Crippen molar-refractivity contribution in [1.82, 2.24) is 5.32 Å². The van der Waals surface area contributed by atoms with Gasteiger partial charge in [-0.05, 0) is 25.8 Å². The smallest absolute Gasteiger partial charge is 0.174 e. The number of hydrogen-bond acceptors (Lipinski definition) is 3. The predicted molar refractivity (Wildman–Crippen MR) is 72.2 cm³/mol. The van der Waals surface area contributed by atoms with Crippen LogP contribution in [0.15, 0.2) is 29.8 Å². The number of nitrogens with zero attached hydrogens (tertiary/aromatic N) is 1. The molecule has 0 radical (unpaired) electrons. The molecule has 0 spiro atoms. The van der Waals surface area contributed by atoms with E-state index in [-0.39, 0.29) is 6.61 Å². The van der Waals surface area contributed by atoms with Gasteiger partial charge in [-0.25, -0.2) is 0 Å². The van der Waals surface area contributed by atoms with Gasteiger partial charge in [0.2, 0.25) is 0 Å². The predicted octanol–water partition coefficient (Wildman–Crippen LogP) is 2.74. The molecular weight excluding hydrogens is 224 g/mol. The number of para-hydroxylation sites is 1. The van der Waals surface area contributed by atoms with Gasteiger partial charge in [0.05, 0.1) is 0 Å². The zero-order valence-corrected chi connectivity index (χ0v) is 10.6. The number of nitriles is 1. The first-order chi connectivity index (χ1) is 8.79. The van der Waals surface area contributed by atoms with Crippen LogP contribution in [0, 0.1) is 11.3 Å². The lowest BCUT2D eigenvalue weighted by molar-refractivity contribution is 0.367. The molecule has 1 aliphatic carbocycles. The first-order valence-corrected chi connectivity index (χ1v) is 6.29. The minimum Gasteiger partial charge on any atom is -0.478 e. The van der Waals surface area contributed by atoms with Crippen molar-refractivity contribution in [1.29, 1.82) is 5.26 Å². The third-order valence-electron chi connectivity index (χ3n) is 2.86. The van der Waals surface area contributed by atoms with Crippen LogP contribution < -0.4 is 10.1 Å².